The summed E-state index contributed by atoms with van der Waals surface area (Å²) in [5.41, 5.74) is 8.89. The Morgan fingerprint density at radius 3 is 1.00 bits per heavy atom. The molecule has 2 heterocycles. The molecule has 0 saturated heterocycles. The molecule has 0 spiro atoms. The van der Waals surface area contributed by atoms with Crippen LogP contribution in [0, 0.1) is 0 Å². The minimum atomic E-state index is -0.0965. The third-order valence-corrected chi connectivity index (χ3v) is 1.99. The Morgan fingerprint density at radius 1 is 0.500 bits per heavy atom. The smallest absolute Gasteiger partial charge is 0.275 e. The summed E-state index contributed by atoms with van der Waals surface area (Å²) in [5.74, 6) is 20.7. The molecule has 0 aliphatic rings. The molecule has 16 nitrogen and oxygen atoms in total. The van der Waals surface area contributed by atoms with Crippen molar-refractivity contribution >= 4 is 35.7 Å². The summed E-state index contributed by atoms with van der Waals surface area (Å²) >= 11 is 0. The molecule has 0 atom stereocenters. The Kier molecular flexibility index (Phi) is 4.72. The summed E-state index contributed by atoms with van der Waals surface area (Å²) in [6.45, 7) is 0. The standard InChI is InChI=1S/C6H12N16/c7-17-1-11-2(18-8)14-5(13-1)21-22-6-15-3(19-9)12-4(16-6)20-10/h7-10H2,(H2,11,13,14,17,18)(H2,12,15,16,19,20)/b22-21+. The van der Waals surface area contributed by atoms with Gasteiger partial charge in [0.15, 0.2) is 0 Å². The fraction of sp³-hybridized carbons (Fsp3) is 0. The number of hydrazine groups is 4. The number of rotatable bonds is 6. The van der Waals surface area contributed by atoms with E-state index in [1.165, 1.54) is 0 Å². The topological polar surface area (TPSA) is 254 Å². The molecular weight excluding hydrogens is 296 g/mol. The highest BCUT2D eigenvalue weighted by molar-refractivity contribution is 5.39. The van der Waals surface area contributed by atoms with Crippen molar-refractivity contribution in [1.82, 2.24) is 29.9 Å². The highest BCUT2D eigenvalue weighted by atomic mass is 15.4. The van der Waals surface area contributed by atoms with Crippen LogP contribution in [0.25, 0.3) is 0 Å². The highest BCUT2D eigenvalue weighted by Crippen LogP contribution is 2.15. The van der Waals surface area contributed by atoms with Crippen LogP contribution in [-0.2, 0) is 0 Å². The fourth-order valence-electron chi connectivity index (χ4n) is 1.17. The van der Waals surface area contributed by atoms with Gasteiger partial charge in [-0.15, -0.1) is 10.2 Å². The lowest BCUT2D eigenvalue weighted by atomic mass is 10.8. The SMILES string of the molecule is NNc1nc(/N=N/c2nc(NN)nc(NN)n2)nc(NN)n1. The minimum absolute atomic E-state index is 0.0289. The Balaban J connectivity index is 2.31. The molecule has 0 aromatic carbocycles. The molecule has 2 aromatic rings. The number of nitrogen functional groups attached to an aromatic ring is 4. The van der Waals surface area contributed by atoms with E-state index >= 15 is 0 Å². The maximum atomic E-state index is 5.20. The van der Waals surface area contributed by atoms with E-state index in [4.69, 9.17) is 23.4 Å². The molecule has 22 heavy (non-hydrogen) atoms. The molecule has 0 fully saturated rings. The quantitative estimate of drug-likeness (QED) is 0.157. The summed E-state index contributed by atoms with van der Waals surface area (Å²) in [5, 5.41) is 7.45. The van der Waals surface area contributed by atoms with Gasteiger partial charge < -0.3 is 0 Å². The molecule has 0 aliphatic carbocycles. The Bertz CT molecular complexity index is 564. The van der Waals surface area contributed by atoms with Crippen LogP contribution in [0.5, 0.6) is 0 Å². The van der Waals surface area contributed by atoms with Crippen LogP contribution in [0.15, 0.2) is 10.2 Å². The van der Waals surface area contributed by atoms with Crippen molar-refractivity contribution in [2.24, 2.45) is 33.6 Å². The van der Waals surface area contributed by atoms with Crippen molar-refractivity contribution in [1.29, 1.82) is 0 Å². The lowest BCUT2D eigenvalue weighted by molar-refractivity contribution is 0.950. The molecule has 116 valence electrons. The number of nitrogens with one attached hydrogen (secondary N) is 4. The van der Waals surface area contributed by atoms with E-state index in [-0.39, 0.29) is 35.7 Å². The van der Waals surface area contributed by atoms with Gasteiger partial charge in [0.05, 0.1) is 0 Å². The zero-order valence-electron chi connectivity index (χ0n) is 10.9. The second-order valence-corrected chi connectivity index (χ2v) is 3.34. The van der Waals surface area contributed by atoms with Crippen LogP contribution < -0.4 is 45.1 Å². The second kappa shape index (κ2) is 6.90. The summed E-state index contributed by atoms with van der Waals surface area (Å²) in [6, 6.07) is 0. The summed E-state index contributed by atoms with van der Waals surface area (Å²) in [6.07, 6.45) is 0. The summed E-state index contributed by atoms with van der Waals surface area (Å²) < 4.78 is 0. The highest BCUT2D eigenvalue weighted by Gasteiger charge is 2.06. The summed E-state index contributed by atoms with van der Waals surface area (Å²) in [7, 11) is 0. The van der Waals surface area contributed by atoms with Crippen LogP contribution in [0.1, 0.15) is 0 Å². The van der Waals surface area contributed by atoms with E-state index in [0.717, 1.165) is 0 Å². The van der Waals surface area contributed by atoms with Crippen LogP contribution in [0.2, 0.25) is 0 Å². The molecule has 0 saturated carbocycles. The van der Waals surface area contributed by atoms with Gasteiger partial charge in [-0.1, -0.05) is 0 Å². The molecule has 2 aromatic heterocycles. The van der Waals surface area contributed by atoms with Crippen molar-refractivity contribution in [2.45, 2.75) is 0 Å². The second-order valence-electron chi connectivity index (χ2n) is 3.34. The molecule has 0 bridgehead atoms. The van der Waals surface area contributed by atoms with Gasteiger partial charge >= 0.3 is 0 Å². The Morgan fingerprint density at radius 2 is 0.773 bits per heavy atom. The van der Waals surface area contributed by atoms with E-state index in [0.29, 0.717) is 0 Å². The van der Waals surface area contributed by atoms with Crippen LogP contribution in [0.4, 0.5) is 35.7 Å². The number of nitrogens with two attached hydrogens (primary N) is 4. The van der Waals surface area contributed by atoms with Gasteiger partial charge in [-0.2, -0.15) is 29.9 Å². The predicted molar refractivity (Wildman–Crippen MR) is 75.1 cm³/mol. The third kappa shape index (κ3) is 3.61. The van der Waals surface area contributed by atoms with E-state index in [1.54, 1.807) is 0 Å². The minimum Gasteiger partial charge on any atom is -0.292 e. The first-order valence-electron chi connectivity index (χ1n) is 5.49. The van der Waals surface area contributed by atoms with Gasteiger partial charge in [-0.05, 0) is 0 Å². The first kappa shape index (κ1) is 15.1. The van der Waals surface area contributed by atoms with Crippen molar-refractivity contribution < 1.29 is 0 Å². The van der Waals surface area contributed by atoms with Crippen molar-refractivity contribution in [2.75, 3.05) is 21.7 Å². The van der Waals surface area contributed by atoms with Gasteiger partial charge in [0.25, 0.3) is 11.9 Å². The number of nitrogens with zero attached hydrogens (tertiary/aromatic N) is 8. The zero-order valence-corrected chi connectivity index (χ0v) is 10.9. The average molecular weight is 308 g/mol. The van der Waals surface area contributed by atoms with Gasteiger partial charge in [0.1, 0.15) is 0 Å². The van der Waals surface area contributed by atoms with E-state index in [9.17, 15) is 0 Å². The molecular formula is C6H12N16. The van der Waals surface area contributed by atoms with Crippen LogP contribution >= 0.6 is 0 Å². The Hall–Kier alpha value is -3.34. The van der Waals surface area contributed by atoms with Crippen molar-refractivity contribution in [3.63, 3.8) is 0 Å². The number of anilines is 4. The monoisotopic (exact) mass is 308 g/mol. The fourth-order valence-corrected chi connectivity index (χ4v) is 1.17. The Labute approximate surface area is 122 Å². The van der Waals surface area contributed by atoms with Crippen molar-refractivity contribution in [3.05, 3.63) is 0 Å². The van der Waals surface area contributed by atoms with Crippen molar-refractivity contribution in [3.8, 4) is 0 Å². The number of aromatic nitrogens is 6. The maximum Gasteiger partial charge on any atom is 0.275 e. The molecule has 0 aliphatic heterocycles. The predicted octanol–water partition coefficient (Wildman–Crippen LogP) is -2.39. The number of hydrogen-bond donors (Lipinski definition) is 8. The first-order valence-corrected chi connectivity index (χ1v) is 5.49. The molecule has 0 amide bonds. The molecule has 16 heteroatoms. The normalized spacial score (nSPS) is 10.5. The average Bonchev–Trinajstić information content (AvgIpc) is 2.59. The van der Waals surface area contributed by atoms with E-state index in [2.05, 4.69) is 61.8 Å². The number of azo groups is 1. The molecule has 2 rings (SSSR count). The van der Waals surface area contributed by atoms with E-state index in [1.807, 2.05) is 0 Å². The van der Waals surface area contributed by atoms with Gasteiger partial charge in [0.2, 0.25) is 23.8 Å². The van der Waals surface area contributed by atoms with Gasteiger partial charge in [-0.25, -0.2) is 23.4 Å². The first-order chi connectivity index (χ1) is 10.7. The largest absolute Gasteiger partial charge is 0.292 e. The molecule has 0 unspecified atom stereocenters. The summed E-state index contributed by atoms with van der Waals surface area (Å²) in [4.78, 5) is 22.9. The maximum absolute atomic E-state index is 5.20. The van der Waals surface area contributed by atoms with Crippen LogP contribution in [-0.4, -0.2) is 29.9 Å². The molecule has 12 N–H and O–H groups in total. The van der Waals surface area contributed by atoms with Gasteiger partial charge in [0, 0.05) is 0 Å². The van der Waals surface area contributed by atoms with E-state index < -0.39 is 0 Å². The lowest BCUT2D eigenvalue weighted by Crippen LogP contribution is -2.16. The zero-order chi connectivity index (χ0) is 15.9. The molecule has 0 radical (unpaired) electrons. The lowest BCUT2D eigenvalue weighted by Gasteiger charge is -2.03. The number of hydrogen-bond acceptors (Lipinski definition) is 16. The third-order valence-electron chi connectivity index (χ3n) is 1.99. The van der Waals surface area contributed by atoms with Crippen LogP contribution in [0.3, 0.4) is 0 Å². The van der Waals surface area contributed by atoms with Gasteiger partial charge in [-0.3, -0.25) is 21.7 Å².